The van der Waals surface area contributed by atoms with Crippen LogP contribution in [0.3, 0.4) is 0 Å². The highest BCUT2D eigenvalue weighted by Gasteiger charge is 2.31. The Hall–Kier alpha value is -1.86. The number of aliphatic imine (C=N–C) groups is 1. The predicted octanol–water partition coefficient (Wildman–Crippen LogP) is 5.27. The minimum atomic E-state index is -4.50. The molecule has 1 atom stereocenters. The topological polar surface area (TPSA) is 32.7 Å². The molecule has 0 aromatic heterocycles. The molecule has 0 spiro atoms. The molecule has 0 heterocycles. The summed E-state index contributed by atoms with van der Waals surface area (Å²) in [4.78, 5) is 6.52. The number of hydrogen-bond donors (Lipinski definition) is 0. The normalized spacial score (nSPS) is 13.6. The number of benzene rings is 2. The third-order valence-corrected chi connectivity index (χ3v) is 5.65. The van der Waals surface area contributed by atoms with Gasteiger partial charge in [0.15, 0.2) is 0 Å². The smallest absolute Gasteiger partial charge is 0.362 e. The van der Waals surface area contributed by atoms with E-state index in [9.17, 15) is 17.4 Å². The zero-order valence-corrected chi connectivity index (χ0v) is 17.0. The summed E-state index contributed by atoms with van der Waals surface area (Å²) in [6.07, 6.45) is -4.50. The second-order valence-electron chi connectivity index (χ2n) is 6.32. The molecule has 0 fully saturated rings. The fourth-order valence-corrected chi connectivity index (χ4v) is 3.91. The van der Waals surface area contributed by atoms with Crippen molar-refractivity contribution < 1.29 is 17.4 Å². The van der Waals surface area contributed by atoms with Crippen molar-refractivity contribution in [3.8, 4) is 0 Å². The molecule has 2 rings (SSSR count). The minimum absolute atomic E-state index is 0.133. The second kappa shape index (κ2) is 8.44. The maximum atomic E-state index is 12.6. The van der Waals surface area contributed by atoms with Gasteiger partial charge in [-0.05, 0) is 43.2 Å². The lowest BCUT2D eigenvalue weighted by atomic mass is 10.1. The number of aryl methyl sites for hydroxylation is 2. The third-order valence-electron chi connectivity index (χ3n) is 3.80. The van der Waals surface area contributed by atoms with Gasteiger partial charge < -0.3 is 4.90 Å². The molecule has 0 amide bonds. The Balaban J connectivity index is 2.57. The van der Waals surface area contributed by atoms with Crippen molar-refractivity contribution in [1.29, 1.82) is 0 Å². The van der Waals surface area contributed by atoms with Gasteiger partial charge in [0.1, 0.15) is 11.6 Å². The van der Waals surface area contributed by atoms with Gasteiger partial charge in [-0.25, -0.2) is 4.99 Å². The van der Waals surface area contributed by atoms with Crippen molar-refractivity contribution in [3.63, 3.8) is 0 Å². The lowest BCUT2D eigenvalue weighted by molar-refractivity contribution is -0.105. The lowest BCUT2D eigenvalue weighted by Crippen LogP contribution is -2.23. The van der Waals surface area contributed by atoms with Crippen molar-refractivity contribution in [1.82, 2.24) is 4.90 Å². The summed E-state index contributed by atoms with van der Waals surface area (Å²) in [5.41, 5.74) is 2.46. The Labute approximate surface area is 164 Å². The maximum Gasteiger partial charge on any atom is 0.400 e. The van der Waals surface area contributed by atoms with E-state index in [0.717, 1.165) is 5.56 Å². The minimum Gasteiger partial charge on any atom is -0.362 e. The van der Waals surface area contributed by atoms with Crippen LogP contribution in [0.25, 0.3) is 0 Å². The monoisotopic (exact) mass is 416 g/mol. The van der Waals surface area contributed by atoms with Crippen LogP contribution < -0.4 is 0 Å². The molecule has 2 aromatic rings. The second-order valence-corrected chi connectivity index (χ2v) is 8.15. The van der Waals surface area contributed by atoms with Crippen LogP contribution in [0.4, 0.5) is 18.9 Å². The largest absolute Gasteiger partial charge is 0.400 e. The summed E-state index contributed by atoms with van der Waals surface area (Å²) in [7, 11) is 1.41. The van der Waals surface area contributed by atoms with Crippen LogP contribution in [-0.2, 0) is 10.8 Å². The van der Waals surface area contributed by atoms with E-state index in [1.165, 1.54) is 6.07 Å². The van der Waals surface area contributed by atoms with Gasteiger partial charge in [0, 0.05) is 24.6 Å². The van der Waals surface area contributed by atoms with E-state index in [1.807, 2.05) is 19.1 Å². The summed E-state index contributed by atoms with van der Waals surface area (Å²) in [6, 6.07) is 10.3. The van der Waals surface area contributed by atoms with Crippen molar-refractivity contribution in [3.05, 3.63) is 58.1 Å². The van der Waals surface area contributed by atoms with Crippen LogP contribution >= 0.6 is 11.6 Å². The quantitative estimate of drug-likeness (QED) is 0.502. The molecule has 27 heavy (non-hydrogen) atoms. The van der Waals surface area contributed by atoms with Crippen molar-refractivity contribution >= 4 is 33.9 Å². The summed E-state index contributed by atoms with van der Waals surface area (Å²) in [6.45, 7) is 3.45. The first-order valence-electron chi connectivity index (χ1n) is 8.07. The molecule has 0 saturated carbocycles. The number of alkyl halides is 3. The summed E-state index contributed by atoms with van der Waals surface area (Å²) in [5.74, 6) is -0.828. The zero-order chi connectivity index (χ0) is 20.4. The Kier molecular flexibility index (Phi) is 6.70. The highest BCUT2D eigenvalue weighted by Crippen LogP contribution is 2.29. The highest BCUT2D eigenvalue weighted by molar-refractivity contribution is 7.85. The van der Waals surface area contributed by atoms with E-state index in [4.69, 9.17) is 11.6 Å². The van der Waals surface area contributed by atoms with Crippen LogP contribution in [0.1, 0.15) is 16.7 Å². The average molecular weight is 417 g/mol. The Morgan fingerprint density at radius 2 is 1.78 bits per heavy atom. The standard InChI is InChI=1S/C19H20ClF3N2OS/c1-12-9-13(2)17(27(26)11-19(21,22)23)10-16(12)24-18(25(3)4)14-7-5-6-8-15(14)20/h5-10H,11H2,1-4H3. The first-order chi connectivity index (χ1) is 12.5. The molecule has 0 radical (unpaired) electrons. The van der Waals surface area contributed by atoms with E-state index in [0.29, 0.717) is 27.7 Å². The molecule has 0 bridgehead atoms. The number of halogens is 4. The molecule has 146 valence electrons. The fraction of sp³-hybridized carbons (Fsp3) is 0.316. The zero-order valence-electron chi connectivity index (χ0n) is 15.4. The van der Waals surface area contributed by atoms with Crippen LogP contribution in [0.5, 0.6) is 0 Å². The van der Waals surface area contributed by atoms with E-state index in [-0.39, 0.29) is 4.90 Å². The van der Waals surface area contributed by atoms with Crippen LogP contribution in [-0.4, -0.2) is 41.0 Å². The molecular weight excluding hydrogens is 397 g/mol. The van der Waals surface area contributed by atoms with E-state index >= 15 is 0 Å². The maximum absolute atomic E-state index is 12.6. The summed E-state index contributed by atoms with van der Waals surface area (Å²) in [5, 5.41) is 0.510. The van der Waals surface area contributed by atoms with Gasteiger partial charge in [0.25, 0.3) is 0 Å². The number of nitrogens with zero attached hydrogens (tertiary/aromatic N) is 2. The number of hydrogen-bond acceptors (Lipinski definition) is 2. The van der Waals surface area contributed by atoms with E-state index < -0.39 is 22.7 Å². The average Bonchev–Trinajstić information content (AvgIpc) is 2.53. The SMILES string of the molecule is Cc1cc(C)c(S(=O)CC(F)(F)F)cc1N=C(c1ccccc1Cl)N(C)C. The Morgan fingerprint density at radius 3 is 2.33 bits per heavy atom. The van der Waals surface area contributed by atoms with Gasteiger partial charge in [-0.2, -0.15) is 13.2 Å². The molecule has 0 aliphatic heterocycles. The molecule has 8 heteroatoms. The molecule has 0 aliphatic carbocycles. The van der Waals surface area contributed by atoms with Crippen molar-refractivity contribution in [2.24, 2.45) is 4.99 Å². The number of rotatable bonds is 4. The molecule has 3 nitrogen and oxygen atoms in total. The Morgan fingerprint density at radius 1 is 1.15 bits per heavy atom. The van der Waals surface area contributed by atoms with E-state index in [2.05, 4.69) is 4.99 Å². The van der Waals surface area contributed by atoms with Crippen LogP contribution in [0.2, 0.25) is 5.02 Å². The molecule has 1 unspecified atom stereocenters. The molecule has 2 aromatic carbocycles. The summed E-state index contributed by atoms with van der Waals surface area (Å²) >= 11 is 6.27. The van der Waals surface area contributed by atoms with Crippen LogP contribution in [0.15, 0.2) is 46.3 Å². The van der Waals surface area contributed by atoms with Gasteiger partial charge in [0.05, 0.1) is 21.5 Å². The van der Waals surface area contributed by atoms with E-state index in [1.54, 1.807) is 44.1 Å². The first-order valence-corrected chi connectivity index (χ1v) is 9.76. The molecule has 0 N–H and O–H groups in total. The number of amidine groups is 1. The van der Waals surface area contributed by atoms with Gasteiger partial charge >= 0.3 is 6.18 Å². The van der Waals surface area contributed by atoms with Gasteiger partial charge in [-0.3, -0.25) is 4.21 Å². The molecular formula is C19H20ClF3N2OS. The van der Waals surface area contributed by atoms with Gasteiger partial charge in [0.2, 0.25) is 0 Å². The Bertz CT molecular complexity index is 895. The first kappa shape index (κ1) is 21.4. The van der Waals surface area contributed by atoms with Crippen molar-refractivity contribution in [2.45, 2.75) is 24.9 Å². The van der Waals surface area contributed by atoms with Crippen molar-refractivity contribution in [2.75, 3.05) is 19.8 Å². The highest BCUT2D eigenvalue weighted by atomic mass is 35.5. The predicted molar refractivity (Wildman–Crippen MR) is 105 cm³/mol. The third kappa shape index (κ3) is 5.56. The molecule has 0 saturated heterocycles. The summed E-state index contributed by atoms with van der Waals surface area (Å²) < 4.78 is 50.1. The molecule has 0 aliphatic rings. The fourth-order valence-electron chi connectivity index (χ4n) is 2.57. The van der Waals surface area contributed by atoms with Crippen LogP contribution in [0, 0.1) is 13.8 Å². The van der Waals surface area contributed by atoms with Gasteiger partial charge in [-0.1, -0.05) is 29.8 Å². The van der Waals surface area contributed by atoms with Gasteiger partial charge in [-0.15, -0.1) is 0 Å². The lowest BCUT2D eigenvalue weighted by Gasteiger charge is -2.18.